The van der Waals surface area contributed by atoms with Gasteiger partial charge in [-0.05, 0) is 30.7 Å². The van der Waals surface area contributed by atoms with E-state index in [0.29, 0.717) is 0 Å². The highest BCUT2D eigenvalue weighted by molar-refractivity contribution is 6.33. The lowest BCUT2D eigenvalue weighted by Crippen LogP contribution is -1.97. The van der Waals surface area contributed by atoms with Crippen LogP contribution in [0.3, 0.4) is 0 Å². The predicted octanol–water partition coefficient (Wildman–Crippen LogP) is 3.41. The van der Waals surface area contributed by atoms with Crippen molar-refractivity contribution in [2.75, 3.05) is 0 Å². The lowest BCUT2D eigenvalue weighted by atomic mass is 10.0. The van der Waals surface area contributed by atoms with Gasteiger partial charge in [-0.2, -0.15) is 0 Å². The zero-order valence-corrected chi connectivity index (χ0v) is 9.90. The fourth-order valence-electron chi connectivity index (χ4n) is 1.65. The zero-order valence-electron chi connectivity index (χ0n) is 9.14. The SMILES string of the molecule is Cc1ncccc1-c1ccc(C(=O)O)c(Cl)c1. The molecule has 0 aliphatic carbocycles. The number of nitrogens with zero attached hydrogens (tertiary/aromatic N) is 1. The molecule has 86 valence electrons. The van der Waals surface area contributed by atoms with E-state index in [1.807, 2.05) is 19.1 Å². The van der Waals surface area contributed by atoms with Crippen LogP contribution in [-0.4, -0.2) is 16.1 Å². The van der Waals surface area contributed by atoms with Gasteiger partial charge in [0.05, 0.1) is 10.6 Å². The van der Waals surface area contributed by atoms with Crippen molar-refractivity contribution in [3.63, 3.8) is 0 Å². The maximum Gasteiger partial charge on any atom is 0.337 e. The predicted molar refractivity (Wildman–Crippen MR) is 66.4 cm³/mol. The van der Waals surface area contributed by atoms with Crippen molar-refractivity contribution in [3.05, 3.63) is 52.8 Å². The molecule has 0 aliphatic heterocycles. The fraction of sp³-hybridized carbons (Fsp3) is 0.0769. The van der Waals surface area contributed by atoms with Gasteiger partial charge in [-0.3, -0.25) is 4.98 Å². The van der Waals surface area contributed by atoms with Gasteiger partial charge in [-0.1, -0.05) is 23.7 Å². The van der Waals surface area contributed by atoms with E-state index in [1.54, 1.807) is 18.3 Å². The molecule has 0 saturated heterocycles. The Hall–Kier alpha value is -1.87. The molecule has 0 fully saturated rings. The smallest absolute Gasteiger partial charge is 0.337 e. The van der Waals surface area contributed by atoms with E-state index in [0.717, 1.165) is 16.8 Å². The van der Waals surface area contributed by atoms with Crippen LogP contribution < -0.4 is 0 Å². The van der Waals surface area contributed by atoms with E-state index >= 15 is 0 Å². The highest BCUT2D eigenvalue weighted by Gasteiger charge is 2.10. The number of pyridine rings is 1. The molecule has 0 spiro atoms. The average Bonchev–Trinajstić information content (AvgIpc) is 2.29. The summed E-state index contributed by atoms with van der Waals surface area (Å²) in [6.45, 7) is 1.90. The summed E-state index contributed by atoms with van der Waals surface area (Å²) in [5, 5.41) is 9.12. The molecule has 2 rings (SSSR count). The number of carbonyl (C=O) groups is 1. The molecule has 1 aromatic carbocycles. The molecule has 0 unspecified atom stereocenters. The summed E-state index contributed by atoms with van der Waals surface area (Å²) in [7, 11) is 0. The highest BCUT2D eigenvalue weighted by atomic mass is 35.5. The summed E-state index contributed by atoms with van der Waals surface area (Å²) < 4.78 is 0. The van der Waals surface area contributed by atoms with Crippen LogP contribution >= 0.6 is 11.6 Å². The topological polar surface area (TPSA) is 50.2 Å². The van der Waals surface area contributed by atoms with Crippen molar-refractivity contribution < 1.29 is 9.90 Å². The normalized spacial score (nSPS) is 10.2. The van der Waals surface area contributed by atoms with E-state index in [-0.39, 0.29) is 10.6 Å². The number of benzene rings is 1. The first-order chi connectivity index (χ1) is 8.09. The van der Waals surface area contributed by atoms with Gasteiger partial charge in [0.1, 0.15) is 0 Å². The van der Waals surface area contributed by atoms with Gasteiger partial charge in [0.2, 0.25) is 0 Å². The van der Waals surface area contributed by atoms with Crippen LogP contribution in [0.4, 0.5) is 0 Å². The number of aromatic carboxylic acids is 1. The number of carboxylic acids is 1. The second-order valence-corrected chi connectivity index (χ2v) is 4.04. The largest absolute Gasteiger partial charge is 0.478 e. The van der Waals surface area contributed by atoms with E-state index in [2.05, 4.69) is 4.98 Å². The third-order valence-corrected chi connectivity index (χ3v) is 2.83. The van der Waals surface area contributed by atoms with Crippen molar-refractivity contribution >= 4 is 17.6 Å². The molecule has 2 aromatic rings. The Morgan fingerprint density at radius 2 is 2.12 bits per heavy atom. The van der Waals surface area contributed by atoms with E-state index < -0.39 is 5.97 Å². The molecule has 1 aromatic heterocycles. The van der Waals surface area contributed by atoms with Gasteiger partial charge in [-0.25, -0.2) is 4.79 Å². The Kier molecular flexibility index (Phi) is 3.11. The Morgan fingerprint density at radius 3 is 2.71 bits per heavy atom. The summed E-state index contributed by atoms with van der Waals surface area (Å²) in [5.41, 5.74) is 2.81. The van der Waals surface area contributed by atoms with Crippen LogP contribution in [0, 0.1) is 6.92 Å². The molecule has 0 radical (unpaired) electrons. The first-order valence-corrected chi connectivity index (χ1v) is 5.42. The first-order valence-electron chi connectivity index (χ1n) is 5.04. The van der Waals surface area contributed by atoms with Crippen molar-refractivity contribution in [1.82, 2.24) is 4.98 Å². The van der Waals surface area contributed by atoms with Gasteiger partial charge in [0.25, 0.3) is 0 Å². The number of aromatic nitrogens is 1. The Balaban J connectivity index is 2.52. The van der Waals surface area contributed by atoms with Crippen LogP contribution in [0.5, 0.6) is 0 Å². The minimum atomic E-state index is -1.02. The maximum atomic E-state index is 10.8. The number of hydrogen-bond donors (Lipinski definition) is 1. The molecule has 3 nitrogen and oxygen atoms in total. The number of rotatable bonds is 2. The molecule has 1 heterocycles. The third-order valence-electron chi connectivity index (χ3n) is 2.52. The van der Waals surface area contributed by atoms with E-state index in [1.165, 1.54) is 6.07 Å². The third kappa shape index (κ3) is 2.29. The number of hydrogen-bond acceptors (Lipinski definition) is 2. The minimum absolute atomic E-state index is 0.108. The zero-order chi connectivity index (χ0) is 12.4. The molecule has 0 atom stereocenters. The number of halogens is 1. The van der Waals surface area contributed by atoms with Gasteiger partial charge in [0.15, 0.2) is 0 Å². The van der Waals surface area contributed by atoms with Gasteiger partial charge < -0.3 is 5.11 Å². The number of aryl methyl sites for hydroxylation is 1. The van der Waals surface area contributed by atoms with Crippen molar-refractivity contribution in [1.29, 1.82) is 0 Å². The second-order valence-electron chi connectivity index (χ2n) is 3.64. The summed E-state index contributed by atoms with van der Waals surface area (Å²) >= 11 is 5.93. The average molecular weight is 248 g/mol. The molecular formula is C13H10ClNO2. The molecule has 1 N–H and O–H groups in total. The quantitative estimate of drug-likeness (QED) is 0.885. The highest BCUT2D eigenvalue weighted by Crippen LogP contribution is 2.27. The molecule has 4 heteroatoms. The van der Waals surface area contributed by atoms with Crippen LogP contribution in [-0.2, 0) is 0 Å². The first kappa shape index (κ1) is 11.6. The summed E-state index contributed by atoms with van der Waals surface area (Å²) in [4.78, 5) is 15.0. The minimum Gasteiger partial charge on any atom is -0.478 e. The van der Waals surface area contributed by atoms with Crippen molar-refractivity contribution in [2.45, 2.75) is 6.92 Å². The van der Waals surface area contributed by atoms with Crippen LogP contribution in [0.1, 0.15) is 16.1 Å². The molecule has 0 aliphatic rings. The van der Waals surface area contributed by atoms with Crippen LogP contribution in [0.25, 0.3) is 11.1 Å². The van der Waals surface area contributed by atoms with Crippen LogP contribution in [0.15, 0.2) is 36.5 Å². The van der Waals surface area contributed by atoms with Crippen molar-refractivity contribution in [2.24, 2.45) is 0 Å². The van der Waals surface area contributed by atoms with Gasteiger partial charge in [-0.15, -0.1) is 0 Å². The lowest BCUT2D eigenvalue weighted by Gasteiger charge is -2.06. The van der Waals surface area contributed by atoms with Gasteiger partial charge in [0, 0.05) is 17.5 Å². The molecule has 0 bridgehead atoms. The fourth-order valence-corrected chi connectivity index (χ4v) is 1.91. The maximum absolute atomic E-state index is 10.8. The summed E-state index contributed by atoms with van der Waals surface area (Å²) in [5.74, 6) is -1.02. The molecule has 17 heavy (non-hydrogen) atoms. The Morgan fingerprint density at radius 1 is 1.35 bits per heavy atom. The summed E-state index contributed by atoms with van der Waals surface area (Å²) in [6, 6.07) is 8.65. The second kappa shape index (κ2) is 4.55. The molecule has 0 amide bonds. The monoisotopic (exact) mass is 247 g/mol. The van der Waals surface area contributed by atoms with Gasteiger partial charge >= 0.3 is 5.97 Å². The Labute approximate surface area is 104 Å². The van der Waals surface area contributed by atoms with E-state index in [4.69, 9.17) is 16.7 Å². The molecule has 0 saturated carbocycles. The van der Waals surface area contributed by atoms with Crippen LogP contribution in [0.2, 0.25) is 5.02 Å². The summed E-state index contributed by atoms with van der Waals surface area (Å²) in [6.07, 6.45) is 1.71. The standard InChI is InChI=1S/C13H10ClNO2/c1-8-10(3-2-6-15-8)9-4-5-11(13(16)17)12(14)7-9/h2-7H,1H3,(H,16,17). The Bertz CT molecular complexity index is 581. The lowest BCUT2D eigenvalue weighted by molar-refractivity contribution is 0.0697. The van der Waals surface area contributed by atoms with E-state index in [9.17, 15) is 4.79 Å². The number of carboxylic acid groups (broad SMARTS) is 1. The van der Waals surface area contributed by atoms with Crippen molar-refractivity contribution in [3.8, 4) is 11.1 Å². The molecular weight excluding hydrogens is 238 g/mol.